The molecule has 1 amide bonds. The van der Waals surface area contributed by atoms with Crippen LogP contribution in [0, 0.1) is 0 Å². The molecule has 1 saturated heterocycles. The zero-order chi connectivity index (χ0) is 24.7. The van der Waals surface area contributed by atoms with E-state index in [0.717, 1.165) is 65.5 Å². The molecular formula is C29H30N4O2S. The molecule has 0 saturated carbocycles. The summed E-state index contributed by atoms with van der Waals surface area (Å²) in [6.07, 6.45) is 1.81. The van der Waals surface area contributed by atoms with Gasteiger partial charge in [0.05, 0.1) is 17.0 Å². The lowest BCUT2D eigenvalue weighted by Crippen LogP contribution is -2.48. The van der Waals surface area contributed by atoms with E-state index in [1.54, 1.807) is 0 Å². The van der Waals surface area contributed by atoms with Crippen LogP contribution in [0.25, 0.3) is 10.9 Å². The summed E-state index contributed by atoms with van der Waals surface area (Å²) >= 11 is 1.53. The Morgan fingerprint density at radius 2 is 1.69 bits per heavy atom. The van der Waals surface area contributed by atoms with Crippen molar-refractivity contribution >= 4 is 34.4 Å². The van der Waals surface area contributed by atoms with E-state index < -0.39 is 0 Å². The summed E-state index contributed by atoms with van der Waals surface area (Å²) in [7, 11) is 0. The normalized spacial score (nSPS) is 14.1. The molecule has 0 radical (unpaired) electrons. The molecule has 1 fully saturated rings. The van der Waals surface area contributed by atoms with Gasteiger partial charge in [0, 0.05) is 55.6 Å². The molecule has 0 spiro atoms. The average molecular weight is 499 g/mol. The Morgan fingerprint density at radius 3 is 2.44 bits per heavy atom. The molecule has 1 aliphatic heterocycles. The van der Waals surface area contributed by atoms with E-state index in [-0.39, 0.29) is 5.91 Å². The van der Waals surface area contributed by atoms with E-state index in [1.165, 1.54) is 17.5 Å². The molecule has 1 aliphatic rings. The van der Waals surface area contributed by atoms with Gasteiger partial charge in [-0.05, 0) is 73.0 Å². The van der Waals surface area contributed by atoms with Crippen LogP contribution < -0.4 is 9.46 Å². The molecule has 3 aromatic carbocycles. The van der Waals surface area contributed by atoms with Crippen molar-refractivity contribution in [3.05, 3.63) is 96.2 Å². The molecular weight excluding hydrogens is 468 g/mol. The van der Waals surface area contributed by atoms with Crippen LogP contribution in [-0.2, 0) is 6.54 Å². The second-order valence-corrected chi connectivity index (χ2v) is 9.61. The van der Waals surface area contributed by atoms with Gasteiger partial charge in [-0.2, -0.15) is 0 Å². The Balaban J connectivity index is 1.12. The first-order valence-corrected chi connectivity index (χ1v) is 13.1. The van der Waals surface area contributed by atoms with Gasteiger partial charge in [-0.15, -0.1) is 0 Å². The largest absolute Gasteiger partial charge is 0.494 e. The lowest BCUT2D eigenvalue weighted by Gasteiger charge is -2.34. The minimum atomic E-state index is 0.0909. The number of amides is 1. The van der Waals surface area contributed by atoms with Gasteiger partial charge in [0.2, 0.25) is 0 Å². The van der Waals surface area contributed by atoms with Gasteiger partial charge in [0.15, 0.2) is 0 Å². The second-order valence-electron chi connectivity index (χ2n) is 8.76. The monoisotopic (exact) mass is 498 g/mol. The van der Waals surface area contributed by atoms with Crippen LogP contribution in [0.2, 0.25) is 0 Å². The molecule has 0 atom stereocenters. The number of pyridine rings is 1. The number of rotatable bonds is 8. The van der Waals surface area contributed by atoms with E-state index in [9.17, 15) is 4.79 Å². The van der Waals surface area contributed by atoms with Crippen LogP contribution in [0.15, 0.2) is 90.0 Å². The third-order valence-corrected chi connectivity index (χ3v) is 7.19. The SMILES string of the molecule is CCOc1ccc(CN2CCN(C(=O)c3ccc(NSc4cccc5cccnc45)cc3)CC2)cc1. The maximum Gasteiger partial charge on any atom is 0.253 e. The van der Waals surface area contributed by atoms with Crippen molar-refractivity contribution in [1.82, 2.24) is 14.8 Å². The van der Waals surface area contributed by atoms with Gasteiger partial charge in [-0.1, -0.05) is 30.3 Å². The molecule has 7 heteroatoms. The van der Waals surface area contributed by atoms with Crippen molar-refractivity contribution in [2.45, 2.75) is 18.4 Å². The number of nitrogens with one attached hydrogen (secondary N) is 1. The smallest absolute Gasteiger partial charge is 0.253 e. The third-order valence-electron chi connectivity index (χ3n) is 6.31. The number of hydrogen-bond acceptors (Lipinski definition) is 6. The van der Waals surface area contributed by atoms with Gasteiger partial charge in [0.25, 0.3) is 5.91 Å². The van der Waals surface area contributed by atoms with E-state index in [0.29, 0.717) is 6.61 Å². The van der Waals surface area contributed by atoms with Gasteiger partial charge >= 0.3 is 0 Å². The fourth-order valence-electron chi connectivity index (χ4n) is 4.36. The number of fused-ring (bicyclic) bond motifs is 1. The van der Waals surface area contributed by atoms with Gasteiger partial charge in [-0.25, -0.2) is 0 Å². The highest BCUT2D eigenvalue weighted by Crippen LogP contribution is 2.27. The lowest BCUT2D eigenvalue weighted by molar-refractivity contribution is 0.0628. The summed E-state index contributed by atoms with van der Waals surface area (Å²) in [5, 5.41) is 1.12. The number of carbonyl (C=O) groups excluding carboxylic acids is 1. The Labute approximate surface area is 216 Å². The highest BCUT2D eigenvalue weighted by atomic mass is 32.2. The van der Waals surface area contributed by atoms with Crippen LogP contribution >= 0.6 is 11.9 Å². The molecule has 1 aromatic heterocycles. The van der Waals surface area contributed by atoms with Gasteiger partial charge in [0.1, 0.15) is 5.75 Å². The second kappa shape index (κ2) is 11.5. The number of nitrogens with zero attached hydrogens (tertiary/aromatic N) is 3. The summed E-state index contributed by atoms with van der Waals surface area (Å²) in [5.74, 6) is 0.996. The summed E-state index contributed by atoms with van der Waals surface area (Å²) < 4.78 is 8.90. The molecule has 0 unspecified atom stereocenters. The Morgan fingerprint density at radius 1 is 0.944 bits per heavy atom. The van der Waals surface area contributed by atoms with E-state index >= 15 is 0 Å². The van der Waals surface area contributed by atoms with Crippen molar-refractivity contribution in [3.63, 3.8) is 0 Å². The number of hydrogen-bond donors (Lipinski definition) is 1. The molecule has 184 valence electrons. The Kier molecular flexibility index (Phi) is 7.69. The number of aromatic nitrogens is 1. The molecule has 2 heterocycles. The molecule has 5 rings (SSSR count). The quantitative estimate of drug-likeness (QED) is 0.314. The van der Waals surface area contributed by atoms with Crippen molar-refractivity contribution < 1.29 is 9.53 Å². The Hall–Kier alpha value is -3.55. The van der Waals surface area contributed by atoms with E-state index in [4.69, 9.17) is 4.74 Å². The molecule has 0 bridgehead atoms. The first kappa shape index (κ1) is 24.2. The first-order valence-electron chi connectivity index (χ1n) is 12.3. The van der Waals surface area contributed by atoms with Gasteiger partial charge < -0.3 is 14.4 Å². The summed E-state index contributed by atoms with van der Waals surface area (Å²) in [4.78, 5) is 23.0. The standard InChI is InChI=1S/C29H30N4O2S/c1-2-35-26-14-8-22(9-15-26)21-32-17-19-33(20-18-32)29(34)24-10-12-25(13-11-24)31-36-27-7-3-5-23-6-4-16-30-28(23)27/h3-16,31H,2,17-21H2,1H3. The zero-order valence-corrected chi connectivity index (χ0v) is 21.2. The molecule has 6 nitrogen and oxygen atoms in total. The third kappa shape index (κ3) is 5.80. The number of benzene rings is 3. The van der Waals surface area contributed by atoms with Crippen LogP contribution in [0.3, 0.4) is 0 Å². The first-order chi connectivity index (χ1) is 17.7. The summed E-state index contributed by atoms with van der Waals surface area (Å²) in [6, 6.07) is 26.2. The number of carbonyl (C=O) groups is 1. The maximum absolute atomic E-state index is 13.1. The molecule has 36 heavy (non-hydrogen) atoms. The fourth-order valence-corrected chi connectivity index (χ4v) is 5.14. The van der Waals surface area contributed by atoms with E-state index in [1.807, 2.05) is 66.6 Å². The number of para-hydroxylation sites is 1. The predicted octanol–water partition coefficient (Wildman–Crippen LogP) is 5.71. The summed E-state index contributed by atoms with van der Waals surface area (Å²) in [6.45, 7) is 6.77. The van der Waals surface area contributed by atoms with Crippen molar-refractivity contribution in [2.75, 3.05) is 37.5 Å². The predicted molar refractivity (Wildman–Crippen MR) is 146 cm³/mol. The van der Waals surface area contributed by atoms with Gasteiger partial charge in [-0.3, -0.25) is 14.7 Å². The maximum atomic E-state index is 13.1. The summed E-state index contributed by atoms with van der Waals surface area (Å²) in [5.41, 5.74) is 3.91. The average Bonchev–Trinajstić information content (AvgIpc) is 2.93. The minimum Gasteiger partial charge on any atom is -0.494 e. The molecule has 0 aliphatic carbocycles. The van der Waals surface area contributed by atoms with Crippen LogP contribution in [-0.4, -0.2) is 53.5 Å². The lowest BCUT2D eigenvalue weighted by atomic mass is 10.1. The number of anilines is 1. The van der Waals surface area contributed by atoms with Crippen molar-refractivity contribution in [3.8, 4) is 5.75 Å². The fraction of sp³-hybridized carbons (Fsp3) is 0.241. The highest BCUT2D eigenvalue weighted by Gasteiger charge is 2.22. The highest BCUT2D eigenvalue weighted by molar-refractivity contribution is 8.00. The topological polar surface area (TPSA) is 57.7 Å². The number of piperazine rings is 1. The van der Waals surface area contributed by atoms with Crippen molar-refractivity contribution in [2.24, 2.45) is 0 Å². The minimum absolute atomic E-state index is 0.0909. The van der Waals surface area contributed by atoms with Crippen LogP contribution in [0.5, 0.6) is 5.75 Å². The molecule has 1 N–H and O–H groups in total. The zero-order valence-electron chi connectivity index (χ0n) is 20.4. The molecule has 4 aromatic rings. The van der Waals surface area contributed by atoms with Crippen LogP contribution in [0.1, 0.15) is 22.8 Å². The van der Waals surface area contributed by atoms with Crippen molar-refractivity contribution in [1.29, 1.82) is 0 Å². The Bertz CT molecular complexity index is 1300. The van der Waals surface area contributed by atoms with E-state index in [2.05, 4.69) is 44.9 Å². The van der Waals surface area contributed by atoms with Crippen LogP contribution in [0.4, 0.5) is 5.69 Å². The number of ether oxygens (including phenoxy) is 1.